The molecule has 0 spiro atoms. The van der Waals surface area contributed by atoms with E-state index in [1.54, 1.807) is 21.0 Å². The molecule has 0 saturated heterocycles. The number of aromatic nitrogens is 10. The van der Waals surface area contributed by atoms with Gasteiger partial charge in [0, 0.05) is 88.4 Å². The molecule has 8 aromatic heterocycles. The minimum atomic E-state index is 0. The number of hydrogen-bond acceptors (Lipinski definition) is 15. The van der Waals surface area contributed by atoms with Crippen molar-refractivity contribution < 1.29 is 75.3 Å². The van der Waals surface area contributed by atoms with Crippen LogP contribution in [-0.4, -0.2) is 67.2 Å². The first-order valence-electron chi connectivity index (χ1n) is 25.4. The minimum Gasteiger partial charge on any atom is 6.00 e. The van der Waals surface area contributed by atoms with Gasteiger partial charge in [-0.1, -0.05) is 6.07 Å². The topological polar surface area (TPSA) is 138 Å². The Morgan fingerprint density at radius 1 is 0.402 bits per heavy atom. The summed E-state index contributed by atoms with van der Waals surface area (Å²) >= 11 is 1.70. The monoisotopic (exact) mass is 1360 g/mol. The predicted molar refractivity (Wildman–Crippen MR) is 306 cm³/mol. The zero-order valence-electron chi connectivity index (χ0n) is 45.0. The van der Waals surface area contributed by atoms with Crippen molar-refractivity contribution in [1.29, 1.82) is 0 Å². The Hall–Kier alpha value is -8.20. The van der Waals surface area contributed by atoms with Crippen LogP contribution in [0.3, 0.4) is 0 Å². The van der Waals surface area contributed by atoms with Crippen LogP contribution in [0.25, 0.3) is 33.7 Å². The van der Waals surface area contributed by atoms with Crippen LogP contribution in [0.4, 0.5) is 68.8 Å². The van der Waals surface area contributed by atoms with Crippen LogP contribution in [0.15, 0.2) is 183 Å². The number of nitrogens with zero attached hydrogens (tertiary/aromatic N) is 18. The summed E-state index contributed by atoms with van der Waals surface area (Å²) in [6, 6.07) is 51.8. The molecule has 15 rings (SSSR count). The van der Waals surface area contributed by atoms with E-state index in [1.807, 2.05) is 179 Å². The van der Waals surface area contributed by atoms with Crippen LogP contribution in [0.1, 0.15) is 0 Å². The maximum Gasteiger partial charge on any atom is 6.00 e. The van der Waals surface area contributed by atoms with Crippen LogP contribution in [0.2, 0.25) is 0 Å². The Morgan fingerprint density at radius 2 is 0.683 bits per heavy atom. The molecular formula is C60H52Ag2N18ORu+2. The Kier molecular flexibility index (Phi) is 17.0. The largest absolute Gasteiger partial charge is 6.00 e. The Labute approximate surface area is 516 Å². The van der Waals surface area contributed by atoms with Crippen molar-refractivity contribution in [3.05, 3.63) is 222 Å². The Balaban J connectivity index is 0.000000134. The number of aryl methyl sites for hydroxylation is 2. The standard InChI is InChI=1S/C20H18N6.2C20H17N6.2Ag.O.Ru/c3*1-23-13-25(19-17(23)8-4-10-21-19)15-6-3-7-16(12-15)26-14-24(2)18-9-5-11-22-20(18)26;;;;/h3-14H,1-2H3;2*3-11,13-14H,1-2H3;;;;/q+2;2*-3;;;;+6. The zero-order chi connectivity index (χ0) is 55.0. The van der Waals surface area contributed by atoms with Gasteiger partial charge in [0.2, 0.25) is 0 Å². The first-order valence-corrected chi connectivity index (χ1v) is 26.0. The molecule has 416 valence electrons. The second kappa shape index (κ2) is 24.5. The van der Waals surface area contributed by atoms with Crippen molar-refractivity contribution in [2.24, 2.45) is 14.1 Å². The van der Waals surface area contributed by atoms with Gasteiger partial charge >= 0.3 is 43.8 Å². The molecule has 3 aromatic carbocycles. The molecule has 12 heterocycles. The van der Waals surface area contributed by atoms with Gasteiger partial charge in [-0.05, 0) is 113 Å². The van der Waals surface area contributed by atoms with Gasteiger partial charge < -0.3 is 39.2 Å². The third kappa shape index (κ3) is 10.7. The summed E-state index contributed by atoms with van der Waals surface area (Å²) in [4.78, 5) is 43.7. The normalized spacial score (nSPS) is 13.5. The maximum absolute atomic E-state index is 8.06. The fraction of sp³-hybridized carbons (Fsp3) is 0.100. The molecule has 0 N–H and O–H groups in total. The van der Waals surface area contributed by atoms with Crippen LogP contribution in [0.5, 0.6) is 0 Å². The molecule has 0 unspecified atom stereocenters. The number of hydrogen-bond donors (Lipinski definition) is 0. The van der Waals surface area contributed by atoms with Crippen LogP contribution >= 0.6 is 0 Å². The van der Waals surface area contributed by atoms with Crippen LogP contribution in [0, 0.1) is 38.8 Å². The number of imidazole rings is 2. The average molecular weight is 1360 g/mol. The minimum absolute atomic E-state index is 0. The van der Waals surface area contributed by atoms with Gasteiger partial charge in [0.15, 0.2) is 11.0 Å². The molecule has 22 heteroatoms. The number of anilines is 12. The maximum atomic E-state index is 8.06. The molecule has 0 saturated carbocycles. The zero-order valence-corrected chi connectivity index (χ0v) is 49.7. The van der Waals surface area contributed by atoms with Crippen molar-refractivity contribution in [3.8, 4) is 11.4 Å². The van der Waals surface area contributed by atoms with Crippen molar-refractivity contribution in [1.82, 2.24) is 39.0 Å². The molecule has 82 heavy (non-hydrogen) atoms. The summed E-state index contributed by atoms with van der Waals surface area (Å²) in [5.74, 6) is 3.63. The Bertz CT molecular complexity index is 3670. The molecule has 0 bridgehead atoms. The van der Waals surface area contributed by atoms with E-state index in [4.69, 9.17) is 3.25 Å². The summed E-state index contributed by atoms with van der Waals surface area (Å²) in [7, 11) is 12.2. The van der Waals surface area contributed by atoms with Crippen molar-refractivity contribution in [2.45, 2.75) is 0 Å². The third-order valence-corrected chi connectivity index (χ3v) is 13.9. The van der Waals surface area contributed by atoms with Gasteiger partial charge in [-0.15, -0.1) is 59.1 Å². The summed E-state index contributed by atoms with van der Waals surface area (Å²) in [6.07, 6.45) is 15.0. The molecule has 0 atom stereocenters. The molecule has 0 aliphatic carbocycles. The van der Waals surface area contributed by atoms with Crippen molar-refractivity contribution >= 4 is 91.1 Å². The van der Waals surface area contributed by atoms with Crippen molar-refractivity contribution in [2.75, 3.05) is 67.4 Å². The summed E-state index contributed by atoms with van der Waals surface area (Å²) in [5, 5.41) is 0. The fourth-order valence-electron chi connectivity index (χ4n) is 10.2. The number of fused-ring (bicyclic) bond motifs is 6. The molecule has 19 nitrogen and oxygen atoms in total. The number of benzene rings is 3. The molecule has 0 amide bonds. The second-order valence-electron chi connectivity index (χ2n) is 19.0. The summed E-state index contributed by atoms with van der Waals surface area (Å²) < 4.78 is 16.4. The van der Waals surface area contributed by atoms with Gasteiger partial charge in [0.1, 0.15) is 34.6 Å². The molecule has 4 aliphatic heterocycles. The fourth-order valence-corrected chi connectivity index (χ4v) is 10.2. The Morgan fingerprint density at radius 3 is 1.00 bits per heavy atom. The number of rotatable bonds is 6. The molecule has 4 aliphatic rings. The molecule has 1 radical (unpaired) electrons. The van der Waals surface area contributed by atoms with Crippen LogP contribution < -0.4 is 48.3 Å². The third-order valence-electron chi connectivity index (χ3n) is 13.9. The smallest absolute Gasteiger partial charge is 6.00 e. The van der Waals surface area contributed by atoms with Crippen LogP contribution in [-0.2, 0) is 80.2 Å². The van der Waals surface area contributed by atoms with Crippen molar-refractivity contribution in [3.63, 3.8) is 0 Å². The molecular weight excluding hydrogens is 1310 g/mol. The SMILES string of the molecule is CN1[CH-]N(c2[c-]c(N3[CH-]N(C)c4cccnc43)ccc2)c2ncccc21.CN1[CH-]N(c2[c-]c(N3[CH-]N(C)c4cccnc43)ccc2)c2ncccc21.C[n+]1cn(-c2cccc(-n3c[n+](C)c4cccnc43)c2)c2ncccc21.[Ag].[O]=[Ag].[Ru+6]. The van der Waals surface area contributed by atoms with Gasteiger partial charge in [-0.25, -0.2) is 39.0 Å². The molecule has 0 fully saturated rings. The quantitative estimate of drug-likeness (QED) is 0.0888. The first kappa shape index (κ1) is 57.1. The summed E-state index contributed by atoms with van der Waals surface area (Å²) in [6.45, 7) is 8.11. The first-order chi connectivity index (χ1) is 39.2. The van der Waals surface area contributed by atoms with E-state index in [-0.39, 0.29) is 41.9 Å². The van der Waals surface area contributed by atoms with E-state index in [0.717, 1.165) is 102 Å². The van der Waals surface area contributed by atoms with Gasteiger partial charge in [-0.3, -0.25) is 0 Å². The van der Waals surface area contributed by atoms with Gasteiger partial charge in [-0.2, -0.15) is 47.9 Å². The van der Waals surface area contributed by atoms with E-state index in [2.05, 4.69) is 173 Å². The predicted octanol–water partition coefficient (Wildman–Crippen LogP) is 9.27. The van der Waals surface area contributed by atoms with E-state index < -0.39 is 0 Å². The van der Waals surface area contributed by atoms with Gasteiger partial charge in [0.05, 0.1) is 14.1 Å². The average Bonchev–Trinajstić information content (AvgIpc) is 4.57. The van der Waals surface area contributed by atoms with E-state index >= 15 is 0 Å². The molecule has 11 aromatic rings. The van der Waals surface area contributed by atoms with Gasteiger partial charge in [0.25, 0.3) is 23.9 Å². The second-order valence-corrected chi connectivity index (χ2v) is 19.0. The van der Waals surface area contributed by atoms with E-state index in [9.17, 15) is 0 Å². The van der Waals surface area contributed by atoms with E-state index in [1.165, 1.54) is 0 Å². The summed E-state index contributed by atoms with van der Waals surface area (Å²) in [5.41, 5.74) is 14.2. The number of pyridine rings is 6. The van der Waals surface area contributed by atoms with E-state index in [0.29, 0.717) is 0 Å².